The molecular weight excluding hydrogens is 328 g/mol. The molecule has 0 aliphatic heterocycles. The van der Waals surface area contributed by atoms with Crippen LogP contribution in [-0.4, -0.2) is 19.9 Å². The van der Waals surface area contributed by atoms with Gasteiger partial charge in [0.25, 0.3) is 5.56 Å². The van der Waals surface area contributed by atoms with Crippen LogP contribution in [0, 0.1) is 13.8 Å². The number of imidazole rings is 1. The summed E-state index contributed by atoms with van der Waals surface area (Å²) in [5.41, 5.74) is 3.87. The van der Waals surface area contributed by atoms with Crippen LogP contribution in [0.3, 0.4) is 0 Å². The van der Waals surface area contributed by atoms with E-state index in [0.29, 0.717) is 11.5 Å². The third-order valence-corrected chi connectivity index (χ3v) is 4.40. The molecule has 130 valence electrons. The second-order valence-electron chi connectivity index (χ2n) is 6.36. The Kier molecular flexibility index (Phi) is 3.80. The molecule has 4 aromatic rings. The molecule has 0 radical (unpaired) electrons. The first kappa shape index (κ1) is 16.1. The van der Waals surface area contributed by atoms with Gasteiger partial charge in [0.1, 0.15) is 6.54 Å². The van der Waals surface area contributed by atoms with E-state index in [4.69, 9.17) is 0 Å². The van der Waals surface area contributed by atoms with Gasteiger partial charge in [-0.3, -0.25) is 9.59 Å². The zero-order chi connectivity index (χ0) is 18.3. The van der Waals surface area contributed by atoms with Gasteiger partial charge >= 0.3 is 0 Å². The maximum absolute atomic E-state index is 12.5. The van der Waals surface area contributed by atoms with Crippen molar-refractivity contribution < 1.29 is 4.79 Å². The zero-order valence-corrected chi connectivity index (χ0v) is 14.6. The maximum atomic E-state index is 12.5. The van der Waals surface area contributed by atoms with E-state index < -0.39 is 0 Å². The zero-order valence-electron chi connectivity index (χ0n) is 14.6. The molecule has 4 rings (SSSR count). The fourth-order valence-electron chi connectivity index (χ4n) is 3.07. The van der Waals surface area contributed by atoms with E-state index in [9.17, 15) is 9.59 Å². The van der Waals surface area contributed by atoms with Crippen molar-refractivity contribution in [2.45, 2.75) is 20.4 Å². The fraction of sp³-hybridized carbons (Fsp3) is 0.150. The van der Waals surface area contributed by atoms with E-state index in [0.717, 1.165) is 22.3 Å². The molecule has 1 amide bonds. The van der Waals surface area contributed by atoms with Crippen molar-refractivity contribution >= 4 is 28.4 Å². The van der Waals surface area contributed by atoms with E-state index >= 15 is 0 Å². The highest BCUT2D eigenvalue weighted by Gasteiger charge is 2.14. The molecule has 0 bridgehead atoms. The van der Waals surface area contributed by atoms with Crippen molar-refractivity contribution in [2.75, 3.05) is 5.32 Å². The molecule has 0 saturated carbocycles. The second kappa shape index (κ2) is 6.15. The number of carbonyl (C=O) groups is 1. The Balaban J connectivity index is 1.75. The predicted octanol–water partition coefficient (Wildman–Crippen LogP) is 2.90. The van der Waals surface area contributed by atoms with Crippen molar-refractivity contribution in [3.05, 3.63) is 76.2 Å². The highest BCUT2D eigenvalue weighted by molar-refractivity contribution is 5.91. The number of hydrogen-bond acceptors (Lipinski definition) is 3. The summed E-state index contributed by atoms with van der Waals surface area (Å²) in [5.74, 6) is 0.296. The summed E-state index contributed by atoms with van der Waals surface area (Å²) >= 11 is 0. The van der Waals surface area contributed by atoms with Crippen LogP contribution in [0.5, 0.6) is 0 Å². The van der Waals surface area contributed by atoms with Crippen molar-refractivity contribution in [2.24, 2.45) is 0 Å². The minimum absolute atomic E-state index is 0.0762. The number of benzene rings is 2. The highest BCUT2D eigenvalue weighted by atomic mass is 16.2. The number of rotatable bonds is 3. The molecule has 0 aliphatic carbocycles. The molecule has 2 aromatic heterocycles. The van der Waals surface area contributed by atoms with Crippen LogP contribution in [-0.2, 0) is 11.3 Å². The maximum Gasteiger partial charge on any atom is 0.259 e. The number of para-hydroxylation sites is 2. The van der Waals surface area contributed by atoms with Gasteiger partial charge in [0.15, 0.2) is 0 Å². The predicted molar refractivity (Wildman–Crippen MR) is 102 cm³/mol. The summed E-state index contributed by atoms with van der Waals surface area (Å²) in [6.45, 7) is 3.88. The molecule has 0 fully saturated rings. The van der Waals surface area contributed by atoms with Crippen LogP contribution in [0.25, 0.3) is 16.8 Å². The monoisotopic (exact) mass is 346 g/mol. The van der Waals surface area contributed by atoms with E-state index in [2.05, 4.69) is 10.3 Å². The minimum atomic E-state index is -0.172. The standard InChI is InChI=1S/C20H18N4O2/c1-13-7-9-15(10-8-13)21-18(25)12-23-14(2)11-19(26)24-17-6-4-3-5-16(17)22-20(23)24/h3-11H,12H2,1-2H3,(H,21,25). The number of fused-ring (bicyclic) bond motifs is 3. The molecule has 1 N–H and O–H groups in total. The van der Waals surface area contributed by atoms with Gasteiger partial charge in [-0.15, -0.1) is 0 Å². The van der Waals surface area contributed by atoms with Crippen LogP contribution in [0.1, 0.15) is 11.3 Å². The van der Waals surface area contributed by atoms with E-state index in [1.54, 1.807) is 15.9 Å². The molecule has 0 unspecified atom stereocenters. The number of nitrogens with zero attached hydrogens (tertiary/aromatic N) is 3. The van der Waals surface area contributed by atoms with Gasteiger partial charge in [-0.1, -0.05) is 29.8 Å². The molecular formula is C20H18N4O2. The molecule has 6 nitrogen and oxygen atoms in total. The smallest absolute Gasteiger partial charge is 0.259 e. The minimum Gasteiger partial charge on any atom is -0.325 e. The number of amides is 1. The number of carbonyl (C=O) groups excluding carboxylic acids is 1. The quantitative estimate of drug-likeness (QED) is 0.620. The van der Waals surface area contributed by atoms with Crippen molar-refractivity contribution in [3.63, 3.8) is 0 Å². The SMILES string of the molecule is Cc1ccc(NC(=O)Cn2c(C)cc(=O)n3c4ccccc4nc23)cc1. The van der Waals surface area contributed by atoms with Crippen molar-refractivity contribution in [1.82, 2.24) is 14.0 Å². The average Bonchev–Trinajstić information content (AvgIpc) is 3.00. The van der Waals surface area contributed by atoms with Gasteiger partial charge in [-0.05, 0) is 38.1 Å². The third kappa shape index (κ3) is 2.75. The van der Waals surface area contributed by atoms with Gasteiger partial charge in [0.05, 0.1) is 11.0 Å². The summed E-state index contributed by atoms with van der Waals surface area (Å²) < 4.78 is 3.30. The summed E-state index contributed by atoms with van der Waals surface area (Å²) in [7, 11) is 0. The molecule has 0 aliphatic rings. The number of aromatic nitrogens is 3. The summed E-state index contributed by atoms with van der Waals surface area (Å²) in [5, 5.41) is 2.88. The van der Waals surface area contributed by atoms with Crippen molar-refractivity contribution in [1.29, 1.82) is 0 Å². The van der Waals surface area contributed by atoms with Gasteiger partial charge in [0.2, 0.25) is 11.7 Å². The molecule has 26 heavy (non-hydrogen) atoms. The van der Waals surface area contributed by atoms with E-state index in [1.807, 2.05) is 55.5 Å². The molecule has 0 saturated heterocycles. The van der Waals surface area contributed by atoms with Crippen molar-refractivity contribution in [3.8, 4) is 0 Å². The van der Waals surface area contributed by atoms with Gasteiger partial charge < -0.3 is 9.88 Å². The Labute approximate surface area is 149 Å². The largest absolute Gasteiger partial charge is 0.325 e. The molecule has 6 heteroatoms. The summed E-state index contributed by atoms with van der Waals surface area (Å²) in [4.78, 5) is 29.5. The number of aryl methyl sites for hydroxylation is 2. The number of anilines is 1. The van der Waals surface area contributed by atoms with Gasteiger partial charge in [-0.25, -0.2) is 9.38 Å². The topological polar surface area (TPSA) is 68.4 Å². The lowest BCUT2D eigenvalue weighted by molar-refractivity contribution is -0.116. The lowest BCUT2D eigenvalue weighted by Crippen LogP contribution is -2.25. The highest BCUT2D eigenvalue weighted by Crippen LogP contribution is 2.16. The third-order valence-electron chi connectivity index (χ3n) is 4.40. The lowest BCUT2D eigenvalue weighted by Gasteiger charge is -2.12. The summed E-state index contributed by atoms with van der Waals surface area (Å²) in [6, 6.07) is 16.6. The Bertz CT molecular complexity index is 1190. The van der Waals surface area contributed by atoms with Gasteiger partial charge in [-0.2, -0.15) is 0 Å². The van der Waals surface area contributed by atoms with Crippen LogP contribution in [0.15, 0.2) is 59.4 Å². The Morgan fingerprint density at radius 2 is 1.81 bits per heavy atom. The first-order valence-corrected chi connectivity index (χ1v) is 8.37. The first-order valence-electron chi connectivity index (χ1n) is 8.37. The fourth-order valence-corrected chi connectivity index (χ4v) is 3.07. The summed E-state index contributed by atoms with van der Waals surface area (Å²) in [6.07, 6.45) is 0. The Hall–Kier alpha value is -3.41. The second-order valence-corrected chi connectivity index (χ2v) is 6.36. The normalized spacial score (nSPS) is 11.2. The van der Waals surface area contributed by atoms with Gasteiger partial charge in [0, 0.05) is 17.4 Å². The van der Waals surface area contributed by atoms with Crippen LogP contribution < -0.4 is 10.9 Å². The lowest BCUT2D eigenvalue weighted by atomic mass is 10.2. The van der Waals surface area contributed by atoms with Crippen LogP contribution in [0.4, 0.5) is 5.69 Å². The Morgan fingerprint density at radius 1 is 1.08 bits per heavy atom. The number of hydrogen-bond donors (Lipinski definition) is 1. The van der Waals surface area contributed by atoms with E-state index in [1.165, 1.54) is 6.07 Å². The van der Waals surface area contributed by atoms with Crippen LogP contribution >= 0.6 is 0 Å². The molecule has 0 atom stereocenters. The van der Waals surface area contributed by atoms with Crippen LogP contribution in [0.2, 0.25) is 0 Å². The Morgan fingerprint density at radius 3 is 2.58 bits per heavy atom. The average molecular weight is 346 g/mol. The molecule has 2 aromatic carbocycles. The molecule has 2 heterocycles. The number of nitrogens with one attached hydrogen (secondary N) is 1. The molecule has 0 spiro atoms. The van der Waals surface area contributed by atoms with E-state index in [-0.39, 0.29) is 18.0 Å². The first-order chi connectivity index (χ1) is 12.5.